The summed E-state index contributed by atoms with van der Waals surface area (Å²) >= 11 is 2.03. The van der Waals surface area contributed by atoms with Crippen molar-refractivity contribution in [3.63, 3.8) is 0 Å². The zero-order valence-electron chi connectivity index (χ0n) is 9.54. The summed E-state index contributed by atoms with van der Waals surface area (Å²) in [6, 6.07) is 9.10. The second-order valence-electron chi connectivity index (χ2n) is 4.23. The van der Waals surface area contributed by atoms with Gasteiger partial charge in [0.15, 0.2) is 0 Å². The molecule has 4 heteroatoms. The zero-order valence-corrected chi connectivity index (χ0v) is 10.4. The van der Waals surface area contributed by atoms with Gasteiger partial charge in [0.25, 0.3) is 0 Å². The highest BCUT2D eigenvalue weighted by Crippen LogP contribution is 2.22. The minimum atomic E-state index is 0.623. The maximum atomic E-state index is 4.07. The molecule has 1 saturated heterocycles. The van der Waals surface area contributed by atoms with Gasteiger partial charge >= 0.3 is 0 Å². The van der Waals surface area contributed by atoms with Crippen LogP contribution in [-0.2, 0) is 0 Å². The van der Waals surface area contributed by atoms with Crippen LogP contribution in [-0.4, -0.2) is 27.1 Å². The first kappa shape index (κ1) is 10.7. The van der Waals surface area contributed by atoms with E-state index in [0.717, 1.165) is 5.69 Å². The number of hydrogen-bond acceptors (Lipinski definition) is 3. The highest BCUT2D eigenvalue weighted by Gasteiger charge is 2.14. The van der Waals surface area contributed by atoms with Gasteiger partial charge in [0.1, 0.15) is 0 Å². The summed E-state index contributed by atoms with van der Waals surface area (Å²) in [5, 5.41) is 3.59. The quantitative estimate of drug-likeness (QED) is 0.901. The monoisotopic (exact) mass is 245 g/mol. The number of hydrogen-bond donors (Lipinski definition) is 1. The molecule has 88 valence electrons. The minimum Gasteiger partial charge on any atom is -0.381 e. The van der Waals surface area contributed by atoms with Crippen LogP contribution in [0, 0.1) is 0 Å². The van der Waals surface area contributed by atoms with Crippen molar-refractivity contribution in [2.75, 3.05) is 16.8 Å². The Balaban J connectivity index is 1.79. The van der Waals surface area contributed by atoms with Crippen molar-refractivity contribution >= 4 is 17.4 Å². The fourth-order valence-corrected chi connectivity index (χ4v) is 3.20. The van der Waals surface area contributed by atoms with Crippen molar-refractivity contribution in [1.82, 2.24) is 9.55 Å². The summed E-state index contributed by atoms with van der Waals surface area (Å²) < 4.78 is 2.02. The van der Waals surface area contributed by atoms with Gasteiger partial charge in [0, 0.05) is 35.6 Å². The molecule has 0 saturated carbocycles. The molecule has 0 aliphatic carbocycles. The number of aromatic nitrogens is 2. The molecule has 1 unspecified atom stereocenters. The fraction of sp³-hybridized carbons (Fsp3) is 0.308. The molecule has 1 aliphatic rings. The molecule has 1 fully saturated rings. The van der Waals surface area contributed by atoms with E-state index in [0.29, 0.717) is 6.04 Å². The summed E-state index contributed by atoms with van der Waals surface area (Å²) in [6.07, 6.45) is 6.85. The molecule has 1 aromatic carbocycles. The van der Waals surface area contributed by atoms with Gasteiger partial charge in [-0.25, -0.2) is 4.98 Å². The van der Waals surface area contributed by atoms with Crippen LogP contribution in [0.15, 0.2) is 43.0 Å². The van der Waals surface area contributed by atoms with Gasteiger partial charge in [-0.3, -0.25) is 0 Å². The van der Waals surface area contributed by atoms with Crippen LogP contribution >= 0.6 is 11.8 Å². The molecule has 2 aromatic rings. The Morgan fingerprint density at radius 3 is 3.18 bits per heavy atom. The van der Waals surface area contributed by atoms with E-state index in [1.54, 1.807) is 6.20 Å². The lowest BCUT2D eigenvalue weighted by Gasteiger charge is -2.13. The number of thioether (sulfide) groups is 1. The third kappa shape index (κ3) is 2.47. The number of nitrogens with one attached hydrogen (secondary N) is 1. The van der Waals surface area contributed by atoms with Crippen LogP contribution in [0.25, 0.3) is 5.69 Å². The average Bonchev–Trinajstić information content (AvgIpc) is 3.01. The van der Waals surface area contributed by atoms with Crippen LogP contribution in [0.2, 0.25) is 0 Å². The third-order valence-electron chi connectivity index (χ3n) is 2.95. The van der Waals surface area contributed by atoms with Gasteiger partial charge in [0.2, 0.25) is 0 Å². The molecule has 1 aromatic heterocycles. The lowest BCUT2D eigenvalue weighted by molar-refractivity contribution is 0.813. The highest BCUT2D eigenvalue weighted by atomic mass is 32.2. The maximum absolute atomic E-state index is 4.07. The standard InChI is InChI=1S/C13H15N3S/c1-2-11(15-12-4-7-17-9-12)8-13(3-1)16-6-5-14-10-16/h1-3,5-6,8,10,12,15H,4,7,9H2. The van der Waals surface area contributed by atoms with E-state index in [-0.39, 0.29) is 0 Å². The van der Waals surface area contributed by atoms with E-state index in [1.165, 1.54) is 23.6 Å². The lowest BCUT2D eigenvalue weighted by Crippen LogP contribution is -2.18. The number of nitrogens with zero attached hydrogens (tertiary/aromatic N) is 2. The molecule has 0 spiro atoms. The molecule has 3 nitrogen and oxygen atoms in total. The Morgan fingerprint density at radius 1 is 1.41 bits per heavy atom. The van der Waals surface area contributed by atoms with Gasteiger partial charge in [-0.1, -0.05) is 6.07 Å². The van der Waals surface area contributed by atoms with Crippen LogP contribution < -0.4 is 5.32 Å². The van der Waals surface area contributed by atoms with Gasteiger partial charge in [0.05, 0.1) is 6.33 Å². The summed E-state index contributed by atoms with van der Waals surface area (Å²) in [5.41, 5.74) is 2.35. The molecule has 3 rings (SSSR count). The van der Waals surface area contributed by atoms with Crippen LogP contribution in [0.4, 0.5) is 5.69 Å². The Hall–Kier alpha value is -1.42. The van der Waals surface area contributed by atoms with E-state index in [2.05, 4.69) is 34.6 Å². The number of benzene rings is 1. The maximum Gasteiger partial charge on any atom is 0.0991 e. The van der Waals surface area contributed by atoms with Crippen LogP contribution in [0.5, 0.6) is 0 Å². The van der Waals surface area contributed by atoms with Crippen molar-refractivity contribution in [2.24, 2.45) is 0 Å². The molecular formula is C13H15N3S. The van der Waals surface area contributed by atoms with E-state index >= 15 is 0 Å². The number of rotatable bonds is 3. The minimum absolute atomic E-state index is 0.623. The summed E-state index contributed by atoms with van der Waals surface area (Å²) in [4.78, 5) is 4.07. The topological polar surface area (TPSA) is 29.9 Å². The second kappa shape index (κ2) is 4.84. The van der Waals surface area contributed by atoms with E-state index in [1.807, 2.05) is 28.9 Å². The van der Waals surface area contributed by atoms with Crippen LogP contribution in [0.3, 0.4) is 0 Å². The van der Waals surface area contributed by atoms with Crippen molar-refractivity contribution in [2.45, 2.75) is 12.5 Å². The van der Waals surface area contributed by atoms with Crippen molar-refractivity contribution in [3.8, 4) is 5.69 Å². The van der Waals surface area contributed by atoms with E-state index in [4.69, 9.17) is 0 Å². The third-order valence-corrected chi connectivity index (χ3v) is 4.11. The Morgan fingerprint density at radius 2 is 2.41 bits per heavy atom. The van der Waals surface area contributed by atoms with Gasteiger partial charge < -0.3 is 9.88 Å². The second-order valence-corrected chi connectivity index (χ2v) is 5.37. The smallest absolute Gasteiger partial charge is 0.0991 e. The van der Waals surface area contributed by atoms with Crippen molar-refractivity contribution < 1.29 is 0 Å². The first-order valence-corrected chi connectivity index (χ1v) is 7.00. The molecule has 17 heavy (non-hydrogen) atoms. The highest BCUT2D eigenvalue weighted by molar-refractivity contribution is 7.99. The molecule has 1 N–H and O–H groups in total. The summed E-state index contributed by atoms with van der Waals surface area (Å²) in [5.74, 6) is 2.49. The van der Waals surface area contributed by atoms with Crippen LogP contribution in [0.1, 0.15) is 6.42 Å². The molecule has 1 aliphatic heterocycles. The molecule has 0 radical (unpaired) electrons. The van der Waals surface area contributed by atoms with Crippen molar-refractivity contribution in [3.05, 3.63) is 43.0 Å². The average molecular weight is 245 g/mol. The Bertz CT molecular complexity index is 475. The molecular weight excluding hydrogens is 230 g/mol. The summed E-state index contributed by atoms with van der Waals surface area (Å²) in [7, 11) is 0. The molecule has 0 amide bonds. The summed E-state index contributed by atoms with van der Waals surface area (Å²) in [6.45, 7) is 0. The molecule has 2 heterocycles. The van der Waals surface area contributed by atoms with Gasteiger partial charge in [-0.15, -0.1) is 0 Å². The van der Waals surface area contributed by atoms with E-state index in [9.17, 15) is 0 Å². The Labute approximate surface area is 105 Å². The molecule has 0 bridgehead atoms. The van der Waals surface area contributed by atoms with E-state index < -0.39 is 0 Å². The number of imidazole rings is 1. The SMILES string of the molecule is c1cc(NC2CCSC2)cc(-n2ccnc2)c1. The van der Waals surface area contributed by atoms with Gasteiger partial charge in [-0.2, -0.15) is 11.8 Å². The molecule has 1 atom stereocenters. The predicted molar refractivity (Wildman–Crippen MR) is 72.9 cm³/mol. The number of anilines is 1. The predicted octanol–water partition coefficient (Wildman–Crippen LogP) is 2.79. The normalized spacial score (nSPS) is 19.4. The van der Waals surface area contributed by atoms with Crippen molar-refractivity contribution in [1.29, 1.82) is 0 Å². The fourth-order valence-electron chi connectivity index (χ4n) is 2.05. The van der Waals surface area contributed by atoms with Gasteiger partial charge in [-0.05, 0) is 30.4 Å². The first-order chi connectivity index (χ1) is 8.42. The zero-order chi connectivity index (χ0) is 11.5. The Kier molecular flexibility index (Phi) is 3.05. The first-order valence-electron chi connectivity index (χ1n) is 5.84. The lowest BCUT2D eigenvalue weighted by atomic mass is 10.2. The largest absolute Gasteiger partial charge is 0.381 e.